The average molecular weight is 523 g/mol. The predicted molar refractivity (Wildman–Crippen MR) is 130 cm³/mol. The van der Waals surface area contributed by atoms with Crippen LogP contribution in [-0.2, 0) is 17.6 Å². The summed E-state index contributed by atoms with van der Waals surface area (Å²) in [7, 11) is 0. The second kappa shape index (κ2) is 10.00. The number of alkyl halides is 2. The van der Waals surface area contributed by atoms with Crippen molar-refractivity contribution in [1.82, 2.24) is 19.9 Å². The second-order valence-electron chi connectivity index (χ2n) is 10.5. The number of aryl methyl sites for hydroxylation is 1. The van der Waals surface area contributed by atoms with Gasteiger partial charge in [0, 0.05) is 49.6 Å². The first-order valence-corrected chi connectivity index (χ1v) is 12.2. The average Bonchev–Trinajstić information content (AvgIpc) is 3.20. The molecular formula is C26H30ClF3N4O2. The third-order valence-corrected chi connectivity index (χ3v) is 6.97. The molecule has 2 heterocycles. The Bertz CT molecular complexity index is 1250. The van der Waals surface area contributed by atoms with Gasteiger partial charge in [-0.1, -0.05) is 25.1 Å². The molecule has 0 aliphatic heterocycles. The Morgan fingerprint density at radius 2 is 1.94 bits per heavy atom. The van der Waals surface area contributed by atoms with E-state index in [4.69, 9.17) is 4.52 Å². The van der Waals surface area contributed by atoms with Crippen molar-refractivity contribution >= 4 is 18.2 Å². The zero-order chi connectivity index (χ0) is 24.9. The van der Waals surface area contributed by atoms with Crippen molar-refractivity contribution in [2.75, 3.05) is 0 Å². The topological polar surface area (TPSA) is 73.8 Å². The Morgan fingerprint density at radius 1 is 1.19 bits per heavy atom. The standard InChI is InChI=1S/C26H29F3N4O2.ClH/c1-14(2)8-19-11-22(32-35-19)25-31-30-24(33(25)18-6-7-18)21-13-26(28,29)12-20(21)23(34)10-16-4-5-17(27)9-15(16)3;/h4-5,9,11,14,18,20-21H,6-8,10,12-13H2,1-3H3;1H/t20-,21-;/m0./s1. The number of rotatable bonds is 8. The number of benzene rings is 1. The number of halogens is 4. The van der Waals surface area contributed by atoms with Gasteiger partial charge >= 0.3 is 0 Å². The monoisotopic (exact) mass is 522 g/mol. The normalized spacial score (nSPS) is 21.1. The van der Waals surface area contributed by atoms with E-state index in [2.05, 4.69) is 29.2 Å². The van der Waals surface area contributed by atoms with E-state index in [-0.39, 0.29) is 30.7 Å². The lowest BCUT2D eigenvalue weighted by atomic mass is 9.87. The van der Waals surface area contributed by atoms with E-state index < -0.39 is 36.4 Å². The van der Waals surface area contributed by atoms with Gasteiger partial charge in [0.25, 0.3) is 0 Å². The number of hydrogen-bond donors (Lipinski definition) is 0. The highest BCUT2D eigenvalue weighted by atomic mass is 35.5. The van der Waals surface area contributed by atoms with Crippen LogP contribution in [0.4, 0.5) is 13.2 Å². The number of aromatic nitrogens is 4. The van der Waals surface area contributed by atoms with Crippen LogP contribution in [0.1, 0.15) is 74.2 Å². The van der Waals surface area contributed by atoms with Crippen LogP contribution in [0.3, 0.4) is 0 Å². The maximum atomic E-state index is 14.7. The van der Waals surface area contributed by atoms with Crippen LogP contribution in [0.2, 0.25) is 0 Å². The summed E-state index contributed by atoms with van der Waals surface area (Å²) in [4.78, 5) is 13.3. The van der Waals surface area contributed by atoms with E-state index in [1.165, 1.54) is 12.1 Å². The number of ketones is 1. The Balaban J connectivity index is 0.00000304. The molecule has 0 bridgehead atoms. The summed E-state index contributed by atoms with van der Waals surface area (Å²) in [5, 5.41) is 12.8. The Kier molecular flexibility index (Phi) is 7.33. The van der Waals surface area contributed by atoms with E-state index in [1.54, 1.807) is 13.0 Å². The minimum Gasteiger partial charge on any atom is -0.361 e. The zero-order valence-corrected chi connectivity index (χ0v) is 21.3. The minimum absolute atomic E-state index is 0. The molecule has 0 amide bonds. The second-order valence-corrected chi connectivity index (χ2v) is 10.5. The van der Waals surface area contributed by atoms with Crippen molar-refractivity contribution in [3.63, 3.8) is 0 Å². The van der Waals surface area contributed by atoms with Gasteiger partial charge in [-0.05, 0) is 48.9 Å². The first kappa shape index (κ1) is 26.4. The number of carbonyl (C=O) groups excluding carboxylic acids is 1. The summed E-state index contributed by atoms with van der Waals surface area (Å²) in [6.45, 7) is 5.88. The number of nitrogens with zero attached hydrogens (tertiary/aromatic N) is 4. The van der Waals surface area contributed by atoms with E-state index in [9.17, 15) is 18.0 Å². The molecule has 2 aliphatic rings. The van der Waals surface area contributed by atoms with Gasteiger partial charge in [-0.25, -0.2) is 13.2 Å². The van der Waals surface area contributed by atoms with Gasteiger partial charge in [-0.15, -0.1) is 22.6 Å². The first-order chi connectivity index (χ1) is 16.6. The Hall–Kier alpha value is -2.68. The molecule has 2 aromatic heterocycles. The molecule has 0 radical (unpaired) electrons. The fourth-order valence-electron chi connectivity index (χ4n) is 5.14. The largest absolute Gasteiger partial charge is 0.361 e. The van der Waals surface area contributed by atoms with Gasteiger partial charge in [-0.2, -0.15) is 0 Å². The van der Waals surface area contributed by atoms with E-state index >= 15 is 0 Å². The molecule has 0 spiro atoms. The quantitative estimate of drug-likeness (QED) is 0.348. The van der Waals surface area contributed by atoms with Crippen LogP contribution >= 0.6 is 12.4 Å². The van der Waals surface area contributed by atoms with Crippen LogP contribution in [0, 0.1) is 24.6 Å². The van der Waals surface area contributed by atoms with Gasteiger partial charge < -0.3 is 9.09 Å². The Morgan fingerprint density at radius 3 is 2.61 bits per heavy atom. The highest BCUT2D eigenvalue weighted by Crippen LogP contribution is 2.51. The summed E-state index contributed by atoms with van der Waals surface area (Å²) >= 11 is 0. The van der Waals surface area contributed by atoms with Crippen LogP contribution < -0.4 is 0 Å². The van der Waals surface area contributed by atoms with E-state index in [0.717, 1.165) is 25.0 Å². The van der Waals surface area contributed by atoms with Crippen LogP contribution in [0.5, 0.6) is 0 Å². The smallest absolute Gasteiger partial charge is 0.249 e. The zero-order valence-electron chi connectivity index (χ0n) is 20.5. The molecule has 36 heavy (non-hydrogen) atoms. The number of carbonyl (C=O) groups is 1. The van der Waals surface area contributed by atoms with Gasteiger partial charge in [0.15, 0.2) is 11.5 Å². The summed E-state index contributed by atoms with van der Waals surface area (Å²) in [5.41, 5.74) is 1.81. The molecule has 2 atom stereocenters. The molecule has 2 saturated carbocycles. The molecule has 0 unspecified atom stereocenters. The lowest BCUT2D eigenvalue weighted by Gasteiger charge is -2.19. The highest BCUT2D eigenvalue weighted by Gasteiger charge is 2.52. The highest BCUT2D eigenvalue weighted by molar-refractivity contribution is 5.85. The van der Waals surface area contributed by atoms with Crippen molar-refractivity contribution in [3.8, 4) is 11.5 Å². The molecule has 1 aromatic carbocycles. The molecule has 3 aromatic rings. The lowest BCUT2D eigenvalue weighted by molar-refractivity contribution is -0.123. The van der Waals surface area contributed by atoms with Crippen molar-refractivity contribution in [2.24, 2.45) is 11.8 Å². The summed E-state index contributed by atoms with van der Waals surface area (Å²) in [6, 6.07) is 6.12. The first-order valence-electron chi connectivity index (χ1n) is 12.2. The van der Waals surface area contributed by atoms with Crippen LogP contribution in [0.15, 0.2) is 28.8 Å². The summed E-state index contributed by atoms with van der Waals surface area (Å²) in [5.74, 6) is -3.24. The van der Waals surface area contributed by atoms with Gasteiger partial charge in [-0.3, -0.25) is 4.79 Å². The maximum absolute atomic E-state index is 14.7. The summed E-state index contributed by atoms with van der Waals surface area (Å²) < 4.78 is 50.2. The molecule has 5 rings (SSSR count). The van der Waals surface area contributed by atoms with Crippen molar-refractivity contribution in [1.29, 1.82) is 0 Å². The maximum Gasteiger partial charge on any atom is 0.249 e. The van der Waals surface area contributed by atoms with Crippen LogP contribution in [0.25, 0.3) is 11.5 Å². The molecule has 2 aliphatic carbocycles. The van der Waals surface area contributed by atoms with Crippen molar-refractivity contribution in [2.45, 2.75) is 77.2 Å². The number of Topliss-reactive ketones (excluding diaryl/α,β-unsaturated/α-hetero) is 1. The molecule has 0 N–H and O–H groups in total. The lowest BCUT2D eigenvalue weighted by Crippen LogP contribution is -2.23. The summed E-state index contributed by atoms with van der Waals surface area (Å²) in [6.07, 6.45) is 1.53. The number of hydrogen-bond acceptors (Lipinski definition) is 5. The SMILES string of the molecule is Cc1cc(F)ccc1CC(=O)[C@H]1CC(F)(F)C[C@@H]1c1nnc(-c2cc(CC(C)C)on2)n1C1CC1.Cl. The molecule has 10 heteroatoms. The third-order valence-electron chi connectivity index (χ3n) is 6.97. The molecule has 2 fully saturated rings. The van der Waals surface area contributed by atoms with E-state index in [0.29, 0.717) is 34.4 Å². The van der Waals surface area contributed by atoms with Gasteiger partial charge in [0.2, 0.25) is 5.92 Å². The minimum atomic E-state index is -2.97. The molecule has 0 saturated heterocycles. The Labute approximate surface area is 214 Å². The van der Waals surface area contributed by atoms with Gasteiger partial charge in [0.05, 0.1) is 0 Å². The molecule has 6 nitrogen and oxygen atoms in total. The van der Waals surface area contributed by atoms with Crippen LogP contribution in [-0.4, -0.2) is 31.6 Å². The van der Waals surface area contributed by atoms with Gasteiger partial charge in [0.1, 0.15) is 23.2 Å². The van der Waals surface area contributed by atoms with Crippen molar-refractivity contribution in [3.05, 3.63) is 52.8 Å². The molecule has 194 valence electrons. The predicted octanol–water partition coefficient (Wildman–Crippen LogP) is 6.28. The fourth-order valence-corrected chi connectivity index (χ4v) is 5.14. The van der Waals surface area contributed by atoms with E-state index in [1.807, 2.05) is 10.6 Å². The fraction of sp³-hybridized carbons (Fsp3) is 0.538. The molecular weight excluding hydrogens is 493 g/mol. The third kappa shape index (κ3) is 5.36. The van der Waals surface area contributed by atoms with Crippen molar-refractivity contribution < 1.29 is 22.5 Å².